The van der Waals surface area contributed by atoms with E-state index in [-0.39, 0.29) is 23.2 Å². The number of rotatable bonds is 6. The number of ether oxygens (including phenoxy) is 1. The topological polar surface area (TPSA) is 46.5 Å². The zero-order valence-corrected chi connectivity index (χ0v) is 20.0. The van der Waals surface area contributed by atoms with Crippen molar-refractivity contribution in [2.24, 2.45) is 0 Å². The molecule has 1 rings (SSSR count). The summed E-state index contributed by atoms with van der Waals surface area (Å²) >= 11 is 1.33. The van der Waals surface area contributed by atoms with E-state index in [1.807, 2.05) is 12.1 Å². The first-order chi connectivity index (χ1) is 14.5. The summed E-state index contributed by atoms with van der Waals surface area (Å²) in [6.45, 7) is 12.7. The molecule has 0 aliphatic rings. The van der Waals surface area contributed by atoms with E-state index in [2.05, 4.69) is 82.3 Å². The molecule has 0 amide bonds. The smallest absolute Gasteiger partial charge is 0.306 e. The van der Waals surface area contributed by atoms with E-state index in [4.69, 9.17) is 11.2 Å². The first-order valence-corrected chi connectivity index (χ1v) is 11.0. The Balaban J connectivity index is 2.63. The minimum absolute atomic E-state index is 0.197. The summed E-state index contributed by atoms with van der Waals surface area (Å²) in [5.41, 5.74) is 2.42. The van der Waals surface area contributed by atoms with Gasteiger partial charge in [-0.15, -0.1) is 6.42 Å². The SMILES string of the molecule is C#CC#CC#CC#CSCCOC(=O)CCc1cc(C(C)(C)C)c(O)c(C(C)(C)C)c1. The van der Waals surface area contributed by atoms with Crippen LogP contribution in [0.4, 0.5) is 0 Å². The fourth-order valence-corrected chi connectivity index (χ4v) is 3.13. The highest BCUT2D eigenvalue weighted by molar-refractivity contribution is 8.03. The Bertz CT molecular complexity index is 976. The van der Waals surface area contributed by atoms with E-state index in [9.17, 15) is 9.90 Å². The molecule has 4 heteroatoms. The van der Waals surface area contributed by atoms with Crippen molar-refractivity contribution in [1.82, 2.24) is 0 Å². The van der Waals surface area contributed by atoms with Crippen LogP contribution in [0, 0.1) is 47.2 Å². The number of phenols is 1. The van der Waals surface area contributed by atoms with Crippen molar-refractivity contribution in [2.75, 3.05) is 12.4 Å². The van der Waals surface area contributed by atoms with Crippen molar-refractivity contribution in [3.63, 3.8) is 0 Å². The van der Waals surface area contributed by atoms with Gasteiger partial charge >= 0.3 is 5.97 Å². The van der Waals surface area contributed by atoms with Gasteiger partial charge in [-0.05, 0) is 74.7 Å². The van der Waals surface area contributed by atoms with Crippen LogP contribution in [0.15, 0.2) is 12.1 Å². The third-order valence-corrected chi connectivity index (χ3v) is 4.91. The molecule has 0 spiro atoms. The van der Waals surface area contributed by atoms with Crippen LogP contribution in [-0.2, 0) is 26.8 Å². The van der Waals surface area contributed by atoms with Crippen molar-refractivity contribution in [1.29, 1.82) is 0 Å². The number of aromatic hydroxyl groups is 1. The number of terminal acetylenes is 1. The second kappa shape index (κ2) is 12.1. The van der Waals surface area contributed by atoms with Gasteiger partial charge in [-0.3, -0.25) is 4.79 Å². The van der Waals surface area contributed by atoms with Crippen molar-refractivity contribution in [3.05, 3.63) is 28.8 Å². The van der Waals surface area contributed by atoms with E-state index >= 15 is 0 Å². The summed E-state index contributed by atoms with van der Waals surface area (Å²) in [7, 11) is 0. The lowest BCUT2D eigenvalue weighted by Gasteiger charge is -2.28. The van der Waals surface area contributed by atoms with E-state index in [1.54, 1.807) is 0 Å². The number of carbonyl (C=O) groups excluding carboxylic acids is 1. The van der Waals surface area contributed by atoms with E-state index in [0.717, 1.165) is 16.7 Å². The number of esters is 1. The molecule has 0 radical (unpaired) electrons. The molecule has 0 aromatic heterocycles. The summed E-state index contributed by atoms with van der Waals surface area (Å²) in [5.74, 6) is 15.4. The molecule has 31 heavy (non-hydrogen) atoms. The number of thioether (sulfide) groups is 1. The predicted molar refractivity (Wildman–Crippen MR) is 129 cm³/mol. The number of carbonyl (C=O) groups is 1. The molecule has 0 heterocycles. The van der Waals surface area contributed by atoms with E-state index in [0.29, 0.717) is 24.5 Å². The molecule has 0 fully saturated rings. The molecular weight excluding hydrogens is 404 g/mol. The molecule has 0 bridgehead atoms. The lowest BCUT2D eigenvalue weighted by molar-refractivity contribution is -0.142. The van der Waals surface area contributed by atoms with Crippen LogP contribution in [0.25, 0.3) is 0 Å². The number of hydrogen-bond donors (Lipinski definition) is 1. The Morgan fingerprint density at radius 3 is 2.10 bits per heavy atom. The molecular formula is C27H30O3S. The number of hydrogen-bond acceptors (Lipinski definition) is 4. The molecule has 3 nitrogen and oxygen atoms in total. The van der Waals surface area contributed by atoms with Gasteiger partial charge in [0.25, 0.3) is 0 Å². The predicted octanol–water partition coefficient (Wildman–Crippen LogP) is 4.80. The second-order valence-corrected chi connectivity index (χ2v) is 9.88. The first kappa shape index (κ1) is 26.1. The zero-order chi connectivity index (χ0) is 23.5. The first-order valence-electron chi connectivity index (χ1n) is 10.1. The maximum absolute atomic E-state index is 12.1. The summed E-state index contributed by atoms with van der Waals surface area (Å²) in [4.78, 5) is 12.1. The van der Waals surface area contributed by atoms with Gasteiger partial charge in [0, 0.05) is 12.2 Å². The highest BCUT2D eigenvalue weighted by atomic mass is 32.2. The van der Waals surface area contributed by atoms with Gasteiger partial charge in [0.05, 0.1) is 0 Å². The number of phenolic OH excluding ortho intramolecular Hbond substituents is 1. The van der Waals surface area contributed by atoms with Crippen molar-refractivity contribution in [3.8, 4) is 52.9 Å². The van der Waals surface area contributed by atoms with Gasteiger partial charge in [-0.25, -0.2) is 0 Å². The average Bonchev–Trinajstić information content (AvgIpc) is 2.66. The van der Waals surface area contributed by atoms with Crippen LogP contribution in [0.1, 0.15) is 64.7 Å². The Hall–Kier alpha value is -2.92. The summed E-state index contributed by atoms with van der Waals surface area (Å²) < 4.78 is 5.28. The number of benzene rings is 1. The van der Waals surface area contributed by atoms with E-state index in [1.165, 1.54) is 11.8 Å². The van der Waals surface area contributed by atoms with Gasteiger partial charge in [0.15, 0.2) is 0 Å². The van der Waals surface area contributed by atoms with Crippen LogP contribution in [-0.4, -0.2) is 23.4 Å². The normalized spacial score (nSPS) is 10.4. The summed E-state index contributed by atoms with van der Waals surface area (Å²) in [6, 6.07) is 4.00. The Labute approximate surface area is 191 Å². The van der Waals surface area contributed by atoms with E-state index < -0.39 is 0 Å². The Morgan fingerprint density at radius 1 is 1.00 bits per heavy atom. The van der Waals surface area contributed by atoms with Crippen LogP contribution in [0.3, 0.4) is 0 Å². The second-order valence-electron chi connectivity index (χ2n) is 8.98. The van der Waals surface area contributed by atoms with Gasteiger partial charge < -0.3 is 9.84 Å². The molecule has 1 aromatic rings. The molecule has 0 saturated heterocycles. The largest absolute Gasteiger partial charge is 0.507 e. The molecule has 0 saturated carbocycles. The highest BCUT2D eigenvalue weighted by Crippen LogP contribution is 2.39. The molecule has 0 aliphatic carbocycles. The highest BCUT2D eigenvalue weighted by Gasteiger charge is 2.26. The van der Waals surface area contributed by atoms with Gasteiger partial charge in [-0.1, -0.05) is 65.4 Å². The fourth-order valence-electron chi connectivity index (χ4n) is 2.74. The summed E-state index contributed by atoms with van der Waals surface area (Å²) in [6.07, 6.45) is 5.82. The standard InChI is InChI=1S/C27H30O3S/c1-8-9-10-11-12-13-17-31-18-16-30-24(28)15-14-21-19-22(26(2,3)4)25(29)23(20-21)27(5,6)7/h1,19-20,29H,14-16,18H2,2-7H3. The molecule has 0 atom stereocenters. The van der Waals surface area contributed by atoms with Gasteiger partial charge in [0.1, 0.15) is 12.4 Å². The van der Waals surface area contributed by atoms with Crippen LogP contribution >= 0.6 is 11.8 Å². The Morgan fingerprint density at radius 2 is 1.55 bits per heavy atom. The van der Waals surface area contributed by atoms with Crippen LogP contribution < -0.4 is 0 Å². The quantitative estimate of drug-likeness (QED) is 0.397. The zero-order valence-electron chi connectivity index (χ0n) is 19.2. The lowest BCUT2D eigenvalue weighted by Crippen LogP contribution is -2.18. The maximum atomic E-state index is 12.1. The Kier molecular flexibility index (Phi) is 10.2. The molecule has 162 valence electrons. The average molecular weight is 435 g/mol. The van der Waals surface area contributed by atoms with Crippen LogP contribution in [0.5, 0.6) is 5.75 Å². The monoisotopic (exact) mass is 434 g/mol. The van der Waals surface area contributed by atoms with Crippen molar-refractivity contribution >= 4 is 17.7 Å². The van der Waals surface area contributed by atoms with Gasteiger partial charge in [-0.2, -0.15) is 0 Å². The lowest BCUT2D eigenvalue weighted by atomic mass is 9.78. The third kappa shape index (κ3) is 9.62. The fraction of sp³-hybridized carbons (Fsp3) is 0.444. The van der Waals surface area contributed by atoms with Crippen molar-refractivity contribution in [2.45, 2.75) is 65.2 Å². The molecule has 1 aromatic carbocycles. The summed E-state index contributed by atoms with van der Waals surface area (Å²) in [5, 5.41) is 13.6. The van der Waals surface area contributed by atoms with Crippen molar-refractivity contribution < 1.29 is 14.6 Å². The molecule has 0 aliphatic heterocycles. The maximum Gasteiger partial charge on any atom is 0.306 e. The minimum atomic E-state index is -0.249. The number of aryl methyl sites for hydroxylation is 1. The molecule has 1 N–H and O–H groups in total. The molecule has 0 unspecified atom stereocenters. The minimum Gasteiger partial charge on any atom is -0.507 e. The third-order valence-electron chi connectivity index (χ3n) is 4.30. The van der Waals surface area contributed by atoms with Crippen LogP contribution in [0.2, 0.25) is 0 Å². The van der Waals surface area contributed by atoms with Gasteiger partial charge in [0.2, 0.25) is 0 Å².